The largest absolute Gasteiger partial charge is 0.355 e. The molecule has 1 aromatic heterocycles. The second-order valence-corrected chi connectivity index (χ2v) is 8.40. The maximum atomic E-state index is 13.2. The van der Waals surface area contributed by atoms with Gasteiger partial charge in [0.1, 0.15) is 5.82 Å². The number of hydrogen-bond acceptors (Lipinski definition) is 4. The van der Waals surface area contributed by atoms with Gasteiger partial charge in [-0.3, -0.25) is 14.6 Å². The van der Waals surface area contributed by atoms with Gasteiger partial charge in [-0.25, -0.2) is 4.39 Å². The molecule has 0 bridgehead atoms. The molecular formula is C26H27FN4O2. The zero-order valence-corrected chi connectivity index (χ0v) is 18.8. The Morgan fingerprint density at radius 2 is 1.70 bits per heavy atom. The Labute approximate surface area is 192 Å². The quantitative estimate of drug-likeness (QED) is 0.561. The highest BCUT2D eigenvalue weighted by Crippen LogP contribution is 2.29. The first-order valence-electron chi connectivity index (χ1n) is 11.1. The highest BCUT2D eigenvalue weighted by molar-refractivity contribution is 5.95. The van der Waals surface area contributed by atoms with Crippen LogP contribution in [-0.4, -0.2) is 34.8 Å². The third kappa shape index (κ3) is 5.74. The second kappa shape index (κ2) is 9.81. The summed E-state index contributed by atoms with van der Waals surface area (Å²) in [6.07, 6.45) is 1.86. The van der Waals surface area contributed by atoms with Crippen LogP contribution in [0.1, 0.15) is 47.4 Å². The molecule has 1 unspecified atom stereocenters. The van der Waals surface area contributed by atoms with Crippen molar-refractivity contribution in [3.05, 3.63) is 83.4 Å². The average molecular weight is 447 g/mol. The number of rotatable bonds is 5. The van der Waals surface area contributed by atoms with Gasteiger partial charge < -0.3 is 15.5 Å². The van der Waals surface area contributed by atoms with E-state index in [0.717, 1.165) is 35.6 Å². The van der Waals surface area contributed by atoms with Crippen molar-refractivity contribution in [3.63, 3.8) is 0 Å². The third-order valence-corrected chi connectivity index (χ3v) is 5.69. The van der Waals surface area contributed by atoms with Gasteiger partial charge in [-0.05, 0) is 80.4 Å². The van der Waals surface area contributed by atoms with Crippen molar-refractivity contribution in [2.24, 2.45) is 0 Å². The first kappa shape index (κ1) is 22.5. The van der Waals surface area contributed by atoms with Crippen LogP contribution >= 0.6 is 0 Å². The SMILES string of the molecule is CC(=O)Nc1ccc(C(=O)N2CCCC(c3cc(Nc4ccc(F)cc4)cc(C)n3)C2)cc1. The Hall–Kier alpha value is -3.74. The Kier molecular flexibility index (Phi) is 6.68. The number of nitrogens with zero attached hydrogens (tertiary/aromatic N) is 2. The Morgan fingerprint density at radius 3 is 2.39 bits per heavy atom. The van der Waals surface area contributed by atoms with E-state index in [1.165, 1.54) is 19.1 Å². The molecule has 2 amide bonds. The van der Waals surface area contributed by atoms with E-state index in [4.69, 9.17) is 4.98 Å². The Morgan fingerprint density at radius 1 is 1.00 bits per heavy atom. The maximum absolute atomic E-state index is 13.2. The van der Waals surface area contributed by atoms with Crippen LogP contribution in [0.25, 0.3) is 0 Å². The van der Waals surface area contributed by atoms with Crippen molar-refractivity contribution in [1.82, 2.24) is 9.88 Å². The molecular weight excluding hydrogens is 419 g/mol. The second-order valence-electron chi connectivity index (χ2n) is 8.40. The minimum atomic E-state index is -0.274. The van der Waals surface area contributed by atoms with Crippen LogP contribution in [0.5, 0.6) is 0 Å². The molecule has 0 radical (unpaired) electrons. The van der Waals surface area contributed by atoms with Crippen molar-refractivity contribution in [3.8, 4) is 0 Å². The molecule has 1 fully saturated rings. The summed E-state index contributed by atoms with van der Waals surface area (Å²) in [7, 11) is 0. The third-order valence-electron chi connectivity index (χ3n) is 5.69. The molecule has 6 nitrogen and oxygen atoms in total. The molecule has 0 saturated carbocycles. The van der Waals surface area contributed by atoms with E-state index in [9.17, 15) is 14.0 Å². The number of carbonyl (C=O) groups excluding carboxylic acids is 2. The summed E-state index contributed by atoms with van der Waals surface area (Å²) in [5, 5.41) is 6.03. The van der Waals surface area contributed by atoms with Crippen LogP contribution in [0.3, 0.4) is 0 Å². The maximum Gasteiger partial charge on any atom is 0.253 e. The van der Waals surface area contributed by atoms with Crippen molar-refractivity contribution >= 4 is 28.9 Å². The smallest absolute Gasteiger partial charge is 0.253 e. The lowest BCUT2D eigenvalue weighted by molar-refractivity contribution is -0.114. The molecule has 0 spiro atoms. The molecule has 0 aliphatic carbocycles. The van der Waals surface area contributed by atoms with Gasteiger partial charge in [0.05, 0.1) is 0 Å². The number of amides is 2. The minimum absolute atomic E-state index is 0.0219. The van der Waals surface area contributed by atoms with E-state index in [1.807, 2.05) is 24.0 Å². The molecule has 1 atom stereocenters. The van der Waals surface area contributed by atoms with Crippen molar-refractivity contribution in [1.29, 1.82) is 0 Å². The number of halogens is 1. The standard InChI is InChI=1S/C26H27FN4O2/c1-17-14-24(30-23-11-7-21(27)8-12-23)15-25(28-17)20-4-3-13-31(16-20)26(33)19-5-9-22(10-6-19)29-18(2)32/h5-12,14-15,20H,3-4,13,16H2,1-2H3,(H,28,30)(H,29,32). The lowest BCUT2D eigenvalue weighted by atomic mass is 9.93. The molecule has 4 rings (SSSR count). The molecule has 1 saturated heterocycles. The van der Waals surface area contributed by atoms with Gasteiger partial charge in [0.15, 0.2) is 0 Å². The van der Waals surface area contributed by atoms with Crippen LogP contribution in [0.4, 0.5) is 21.5 Å². The van der Waals surface area contributed by atoms with Crippen LogP contribution in [0.2, 0.25) is 0 Å². The number of likely N-dealkylation sites (tertiary alicyclic amines) is 1. The number of aromatic nitrogens is 1. The number of nitrogens with one attached hydrogen (secondary N) is 2. The number of hydrogen-bond donors (Lipinski definition) is 2. The summed E-state index contributed by atoms with van der Waals surface area (Å²) in [4.78, 5) is 30.9. The molecule has 2 heterocycles. The van der Waals surface area contributed by atoms with E-state index < -0.39 is 0 Å². The van der Waals surface area contributed by atoms with E-state index in [0.29, 0.717) is 24.3 Å². The van der Waals surface area contributed by atoms with Gasteiger partial charge in [-0.2, -0.15) is 0 Å². The van der Waals surface area contributed by atoms with Gasteiger partial charge in [-0.15, -0.1) is 0 Å². The highest BCUT2D eigenvalue weighted by Gasteiger charge is 2.26. The number of anilines is 3. The molecule has 170 valence electrons. The Balaban J connectivity index is 1.47. The van der Waals surface area contributed by atoms with E-state index in [2.05, 4.69) is 10.6 Å². The predicted octanol–water partition coefficient (Wildman–Crippen LogP) is 5.25. The van der Waals surface area contributed by atoms with E-state index in [1.54, 1.807) is 36.4 Å². The number of aryl methyl sites for hydroxylation is 1. The zero-order valence-electron chi connectivity index (χ0n) is 18.8. The van der Waals surface area contributed by atoms with Gasteiger partial charge in [0, 0.05) is 59.9 Å². The molecule has 2 N–H and O–H groups in total. The van der Waals surface area contributed by atoms with Gasteiger partial charge in [0.25, 0.3) is 5.91 Å². The van der Waals surface area contributed by atoms with Crippen molar-refractivity contribution in [2.45, 2.75) is 32.6 Å². The van der Waals surface area contributed by atoms with Crippen LogP contribution in [0, 0.1) is 12.7 Å². The number of carbonyl (C=O) groups is 2. The van der Waals surface area contributed by atoms with Gasteiger partial charge in [-0.1, -0.05) is 0 Å². The number of pyridine rings is 1. The number of benzene rings is 2. The van der Waals surface area contributed by atoms with E-state index >= 15 is 0 Å². The predicted molar refractivity (Wildman–Crippen MR) is 127 cm³/mol. The summed E-state index contributed by atoms with van der Waals surface area (Å²) in [6, 6.07) is 17.2. The summed E-state index contributed by atoms with van der Waals surface area (Å²) in [5.41, 5.74) is 4.78. The van der Waals surface area contributed by atoms with Crippen LogP contribution in [0.15, 0.2) is 60.7 Å². The monoisotopic (exact) mass is 446 g/mol. The molecule has 1 aliphatic rings. The van der Waals surface area contributed by atoms with E-state index in [-0.39, 0.29) is 23.5 Å². The summed E-state index contributed by atoms with van der Waals surface area (Å²) < 4.78 is 13.2. The summed E-state index contributed by atoms with van der Waals surface area (Å²) >= 11 is 0. The molecule has 33 heavy (non-hydrogen) atoms. The topological polar surface area (TPSA) is 74.3 Å². The molecule has 1 aliphatic heterocycles. The fourth-order valence-corrected chi connectivity index (χ4v) is 4.16. The van der Waals surface area contributed by atoms with Gasteiger partial charge in [0.2, 0.25) is 5.91 Å². The first-order chi connectivity index (χ1) is 15.9. The highest BCUT2D eigenvalue weighted by atomic mass is 19.1. The molecule has 2 aromatic carbocycles. The van der Waals surface area contributed by atoms with Gasteiger partial charge >= 0.3 is 0 Å². The molecule has 7 heteroatoms. The number of piperidine rings is 1. The average Bonchev–Trinajstić information content (AvgIpc) is 2.80. The summed E-state index contributed by atoms with van der Waals surface area (Å²) in [6.45, 7) is 4.70. The first-order valence-corrected chi connectivity index (χ1v) is 11.1. The minimum Gasteiger partial charge on any atom is -0.355 e. The summed E-state index contributed by atoms with van der Waals surface area (Å²) in [5.74, 6) is -0.308. The fourth-order valence-electron chi connectivity index (χ4n) is 4.16. The van der Waals surface area contributed by atoms with Crippen LogP contribution in [-0.2, 0) is 4.79 Å². The normalized spacial score (nSPS) is 15.7. The van der Waals surface area contributed by atoms with Crippen LogP contribution < -0.4 is 10.6 Å². The Bertz CT molecular complexity index is 1150. The lowest BCUT2D eigenvalue weighted by Crippen LogP contribution is -2.39. The van der Waals surface area contributed by atoms with Crippen molar-refractivity contribution in [2.75, 3.05) is 23.7 Å². The molecule has 3 aromatic rings. The van der Waals surface area contributed by atoms with Crippen molar-refractivity contribution < 1.29 is 14.0 Å². The zero-order chi connectivity index (χ0) is 23.4. The fraction of sp³-hybridized carbons (Fsp3) is 0.269. The lowest BCUT2D eigenvalue weighted by Gasteiger charge is -2.33.